The highest BCUT2D eigenvalue weighted by Crippen LogP contribution is 2.37. The molecule has 4 aromatic rings. The van der Waals surface area contributed by atoms with Crippen LogP contribution >= 0.6 is 0 Å². The van der Waals surface area contributed by atoms with E-state index in [1.54, 1.807) is 7.05 Å². The Morgan fingerprint density at radius 1 is 1.06 bits per heavy atom. The van der Waals surface area contributed by atoms with Crippen LogP contribution in [-0.4, -0.2) is 84.9 Å². The molecule has 0 spiro atoms. The number of pyridine rings is 1. The fraction of sp³-hybridized carbons (Fsp3) is 0.400. The minimum absolute atomic E-state index is 0.0669. The van der Waals surface area contributed by atoms with E-state index in [1.165, 1.54) is 21.3 Å². The smallest absolute Gasteiger partial charge is 0.317 e. The third kappa shape index (κ3) is 4.25. The molecule has 2 saturated heterocycles. The Bertz CT molecular complexity index is 1340. The molecule has 10 nitrogen and oxygen atoms in total. The van der Waals surface area contributed by atoms with Gasteiger partial charge in [0.2, 0.25) is 5.82 Å². The molecule has 1 N–H and O–H groups in total. The van der Waals surface area contributed by atoms with E-state index in [0.29, 0.717) is 11.7 Å². The topological polar surface area (TPSA) is 97.0 Å². The lowest BCUT2D eigenvalue weighted by molar-refractivity contribution is 0.181. The number of tetrazole rings is 1. The molecule has 3 aromatic heterocycles. The lowest BCUT2D eigenvalue weighted by atomic mass is 9.89. The summed E-state index contributed by atoms with van der Waals surface area (Å²) >= 11 is 0. The van der Waals surface area contributed by atoms with Crippen molar-refractivity contribution in [3.05, 3.63) is 54.5 Å². The first-order valence-corrected chi connectivity index (χ1v) is 12.2. The number of likely N-dealkylation sites (tertiary alicyclic amines) is 1. The number of rotatable bonds is 6. The number of amides is 2. The van der Waals surface area contributed by atoms with Crippen molar-refractivity contribution in [2.45, 2.75) is 18.8 Å². The number of aryl methyl sites for hydroxylation is 1. The number of urea groups is 1. The Hall–Kier alpha value is -3.79. The summed E-state index contributed by atoms with van der Waals surface area (Å²) in [6.07, 6.45) is 8.14. The molecule has 0 saturated carbocycles. The molecule has 10 heteroatoms. The van der Waals surface area contributed by atoms with Crippen LogP contribution in [0.4, 0.5) is 4.79 Å². The summed E-state index contributed by atoms with van der Waals surface area (Å²) in [6, 6.07) is 10.6. The van der Waals surface area contributed by atoms with E-state index in [2.05, 4.69) is 59.6 Å². The van der Waals surface area contributed by atoms with Gasteiger partial charge in [-0.3, -0.25) is 4.98 Å². The zero-order valence-corrected chi connectivity index (χ0v) is 19.8. The SMILES string of the molecule is Cn1nnc(-c2ccc3c(c2)c(C2CCN(CCN4CCNC4=O)CC2)cn3-c2ccncc2)n1. The predicted molar refractivity (Wildman–Crippen MR) is 132 cm³/mol. The summed E-state index contributed by atoms with van der Waals surface area (Å²) < 4.78 is 2.26. The van der Waals surface area contributed by atoms with E-state index < -0.39 is 0 Å². The second kappa shape index (κ2) is 9.10. The minimum atomic E-state index is 0.0669. The molecule has 0 aliphatic carbocycles. The lowest BCUT2D eigenvalue weighted by Crippen LogP contribution is -2.40. The van der Waals surface area contributed by atoms with Crippen molar-refractivity contribution in [1.29, 1.82) is 0 Å². The van der Waals surface area contributed by atoms with Gasteiger partial charge in [0.25, 0.3) is 0 Å². The van der Waals surface area contributed by atoms with Crippen molar-refractivity contribution in [3.63, 3.8) is 0 Å². The molecule has 1 aromatic carbocycles. The van der Waals surface area contributed by atoms with Gasteiger partial charge in [-0.05, 0) is 73.0 Å². The molecular formula is C25H29N9O. The minimum Gasteiger partial charge on any atom is -0.336 e. The van der Waals surface area contributed by atoms with Crippen LogP contribution in [0.2, 0.25) is 0 Å². The highest BCUT2D eigenvalue weighted by atomic mass is 16.2. The third-order valence-electron chi connectivity index (χ3n) is 7.20. The zero-order valence-electron chi connectivity index (χ0n) is 19.8. The molecule has 0 radical (unpaired) electrons. The van der Waals surface area contributed by atoms with Crippen LogP contribution in [0, 0.1) is 0 Å². The average Bonchev–Trinajstić information content (AvgIpc) is 3.61. The van der Waals surface area contributed by atoms with Gasteiger partial charge in [-0.2, -0.15) is 4.80 Å². The maximum atomic E-state index is 11.8. The molecule has 0 unspecified atom stereocenters. The van der Waals surface area contributed by atoms with Gasteiger partial charge in [0, 0.05) is 61.4 Å². The van der Waals surface area contributed by atoms with E-state index >= 15 is 0 Å². The first kappa shape index (κ1) is 21.7. The maximum absolute atomic E-state index is 11.8. The van der Waals surface area contributed by atoms with Gasteiger partial charge in [-0.15, -0.1) is 10.2 Å². The largest absolute Gasteiger partial charge is 0.336 e. The fourth-order valence-corrected chi connectivity index (χ4v) is 5.29. The van der Waals surface area contributed by atoms with Gasteiger partial charge in [0.15, 0.2) is 0 Å². The highest BCUT2D eigenvalue weighted by Gasteiger charge is 2.26. The Morgan fingerprint density at radius 2 is 1.89 bits per heavy atom. The summed E-state index contributed by atoms with van der Waals surface area (Å²) in [5.41, 5.74) is 4.60. The Balaban J connectivity index is 1.27. The first-order valence-electron chi connectivity index (χ1n) is 12.2. The second-order valence-electron chi connectivity index (χ2n) is 9.33. The maximum Gasteiger partial charge on any atom is 0.317 e. The van der Waals surface area contributed by atoms with Crippen molar-refractivity contribution >= 4 is 16.9 Å². The molecule has 0 bridgehead atoms. The van der Waals surface area contributed by atoms with E-state index in [9.17, 15) is 4.79 Å². The van der Waals surface area contributed by atoms with Crippen LogP contribution in [0.5, 0.6) is 0 Å². The normalized spacial score (nSPS) is 17.4. The van der Waals surface area contributed by atoms with Crippen molar-refractivity contribution in [2.24, 2.45) is 7.05 Å². The van der Waals surface area contributed by atoms with Gasteiger partial charge < -0.3 is 19.7 Å². The number of piperidine rings is 1. The number of aromatic nitrogens is 6. The Morgan fingerprint density at radius 3 is 2.60 bits per heavy atom. The van der Waals surface area contributed by atoms with Crippen LogP contribution in [0.1, 0.15) is 24.3 Å². The molecular weight excluding hydrogens is 442 g/mol. The second-order valence-corrected chi connectivity index (χ2v) is 9.33. The Kier molecular flexibility index (Phi) is 5.65. The average molecular weight is 472 g/mol. The summed E-state index contributed by atoms with van der Waals surface area (Å²) in [4.78, 5) is 21.9. The Labute approximate surface area is 203 Å². The van der Waals surface area contributed by atoms with Crippen molar-refractivity contribution in [2.75, 3.05) is 39.3 Å². The van der Waals surface area contributed by atoms with Crippen LogP contribution in [0.3, 0.4) is 0 Å². The van der Waals surface area contributed by atoms with Crippen molar-refractivity contribution in [1.82, 2.24) is 44.9 Å². The van der Waals surface area contributed by atoms with Gasteiger partial charge >= 0.3 is 6.03 Å². The van der Waals surface area contributed by atoms with Crippen molar-refractivity contribution < 1.29 is 4.79 Å². The van der Waals surface area contributed by atoms with Gasteiger partial charge in [0.05, 0.1) is 12.6 Å². The summed E-state index contributed by atoms with van der Waals surface area (Å²) in [6.45, 7) is 5.37. The monoisotopic (exact) mass is 471 g/mol. The molecule has 180 valence electrons. The molecule has 2 amide bonds. The molecule has 2 aliphatic heterocycles. The molecule has 35 heavy (non-hydrogen) atoms. The van der Waals surface area contributed by atoms with Gasteiger partial charge in [-0.25, -0.2) is 4.79 Å². The van der Waals surface area contributed by atoms with Crippen LogP contribution in [0.25, 0.3) is 28.0 Å². The van der Waals surface area contributed by atoms with Crippen LogP contribution in [-0.2, 0) is 7.05 Å². The highest BCUT2D eigenvalue weighted by molar-refractivity contribution is 5.89. The number of fused-ring (bicyclic) bond motifs is 1. The van der Waals surface area contributed by atoms with E-state index in [0.717, 1.165) is 63.4 Å². The quantitative estimate of drug-likeness (QED) is 0.464. The summed E-state index contributed by atoms with van der Waals surface area (Å²) in [5, 5.41) is 16.7. The number of carbonyl (C=O) groups is 1. The number of carbonyl (C=O) groups excluding carboxylic acids is 1. The molecule has 2 fully saturated rings. The van der Waals surface area contributed by atoms with Crippen molar-refractivity contribution in [3.8, 4) is 17.1 Å². The first-order chi connectivity index (χ1) is 17.2. The number of hydrogen-bond donors (Lipinski definition) is 1. The van der Waals surface area contributed by atoms with E-state index in [-0.39, 0.29) is 6.03 Å². The molecule has 6 rings (SSSR count). The number of nitrogens with one attached hydrogen (secondary N) is 1. The number of benzene rings is 1. The van der Waals surface area contributed by atoms with E-state index in [1.807, 2.05) is 29.4 Å². The number of hydrogen-bond acceptors (Lipinski definition) is 6. The molecule has 0 atom stereocenters. The van der Waals surface area contributed by atoms with Gasteiger partial charge in [-0.1, -0.05) is 0 Å². The molecule has 5 heterocycles. The third-order valence-corrected chi connectivity index (χ3v) is 7.20. The lowest BCUT2D eigenvalue weighted by Gasteiger charge is -2.32. The predicted octanol–water partition coefficient (Wildman–Crippen LogP) is 2.42. The van der Waals surface area contributed by atoms with E-state index in [4.69, 9.17) is 0 Å². The fourth-order valence-electron chi connectivity index (χ4n) is 5.29. The summed E-state index contributed by atoms with van der Waals surface area (Å²) in [7, 11) is 1.78. The van der Waals surface area contributed by atoms with Gasteiger partial charge in [0.1, 0.15) is 0 Å². The molecule has 2 aliphatic rings. The zero-order chi connectivity index (χ0) is 23.8. The van der Waals surface area contributed by atoms with Crippen LogP contribution in [0.15, 0.2) is 48.9 Å². The number of nitrogens with zero attached hydrogens (tertiary/aromatic N) is 8. The van der Waals surface area contributed by atoms with Crippen LogP contribution < -0.4 is 5.32 Å². The standard InChI is InChI=1S/C25H29N9O/c1-31-29-24(28-30-31)19-2-3-23-21(16-19)22(17-34(23)20-4-8-26-9-5-20)18-6-11-32(12-7-18)14-15-33-13-10-27-25(33)35/h2-5,8-9,16-18H,6-7,10-15H2,1H3,(H,27,35). The summed E-state index contributed by atoms with van der Waals surface area (Å²) in [5.74, 6) is 1.11.